The molecule has 8 aromatic carbocycles. The van der Waals surface area contributed by atoms with E-state index in [2.05, 4.69) is 227 Å². The Morgan fingerprint density at radius 1 is 0.333 bits per heavy atom. The molecule has 0 amide bonds. The number of halogens is 1. The summed E-state index contributed by atoms with van der Waals surface area (Å²) in [6.07, 6.45) is 0. The number of anilines is 3. The molecule has 0 saturated carbocycles. The zero-order chi connectivity index (χ0) is 34.2. The third kappa shape index (κ3) is 5.40. The number of rotatable bonds is 7. The molecule has 1 aliphatic carbocycles. The molecular weight excluding hydrogens is 682 g/mol. The topological polar surface area (TPSA) is 3.24 Å². The quantitative estimate of drug-likeness (QED) is 0.159. The fourth-order valence-electron chi connectivity index (χ4n) is 7.92. The van der Waals surface area contributed by atoms with Gasteiger partial charge in [-0.05, 0) is 104 Å². The van der Waals surface area contributed by atoms with E-state index < -0.39 is 5.41 Å². The Morgan fingerprint density at radius 2 is 0.804 bits per heavy atom. The van der Waals surface area contributed by atoms with E-state index in [1.165, 1.54) is 55.6 Å². The number of nitrogens with zero attached hydrogens (tertiary/aromatic N) is 1. The fourth-order valence-corrected chi connectivity index (χ4v) is 8.32. The maximum atomic E-state index is 3.65. The number of hydrogen-bond donors (Lipinski definition) is 0. The average Bonchev–Trinajstić information content (AvgIpc) is 3.50. The molecule has 1 aliphatic rings. The van der Waals surface area contributed by atoms with Gasteiger partial charge in [-0.1, -0.05) is 174 Å². The van der Waals surface area contributed by atoms with Crippen molar-refractivity contribution in [2.45, 2.75) is 5.41 Å². The van der Waals surface area contributed by atoms with Gasteiger partial charge in [-0.25, -0.2) is 0 Å². The lowest BCUT2D eigenvalue weighted by Crippen LogP contribution is -2.28. The van der Waals surface area contributed by atoms with Gasteiger partial charge in [0.05, 0.1) is 5.41 Å². The second-order valence-corrected chi connectivity index (χ2v) is 14.0. The fraction of sp³-hybridized carbons (Fsp3) is 0.0204. The highest BCUT2D eigenvalue weighted by Crippen LogP contribution is 2.57. The van der Waals surface area contributed by atoms with E-state index in [4.69, 9.17) is 0 Å². The van der Waals surface area contributed by atoms with Crippen molar-refractivity contribution in [1.82, 2.24) is 0 Å². The Morgan fingerprint density at radius 3 is 1.41 bits per heavy atom. The first-order valence-electron chi connectivity index (χ1n) is 17.4. The van der Waals surface area contributed by atoms with Gasteiger partial charge in [-0.15, -0.1) is 0 Å². The van der Waals surface area contributed by atoms with Crippen LogP contribution in [0.5, 0.6) is 0 Å². The molecule has 242 valence electrons. The summed E-state index contributed by atoms with van der Waals surface area (Å²) in [7, 11) is 0. The Bertz CT molecular complexity index is 2410. The third-order valence-corrected chi connectivity index (χ3v) is 10.7. The average molecular weight is 717 g/mol. The Hall–Kier alpha value is -5.96. The summed E-state index contributed by atoms with van der Waals surface area (Å²) in [4.78, 5) is 2.39. The second kappa shape index (κ2) is 13.1. The van der Waals surface area contributed by atoms with Crippen molar-refractivity contribution >= 4 is 33.0 Å². The third-order valence-electron chi connectivity index (χ3n) is 10.2. The van der Waals surface area contributed by atoms with Crippen molar-refractivity contribution in [3.8, 4) is 33.4 Å². The molecule has 2 heteroatoms. The van der Waals surface area contributed by atoms with Crippen LogP contribution in [0.25, 0.3) is 33.4 Å². The Kier molecular flexibility index (Phi) is 7.95. The molecular formula is C49H34BrN. The zero-order valence-corrected chi connectivity index (χ0v) is 29.5. The summed E-state index contributed by atoms with van der Waals surface area (Å²) < 4.78 is 1.07. The van der Waals surface area contributed by atoms with Crippen molar-refractivity contribution in [2.75, 3.05) is 4.90 Å². The van der Waals surface area contributed by atoms with E-state index in [-0.39, 0.29) is 0 Å². The van der Waals surface area contributed by atoms with E-state index >= 15 is 0 Å². The molecule has 0 saturated heterocycles. The molecule has 0 heterocycles. The van der Waals surface area contributed by atoms with Crippen molar-refractivity contribution < 1.29 is 0 Å². The van der Waals surface area contributed by atoms with Crippen LogP contribution in [0.4, 0.5) is 17.1 Å². The van der Waals surface area contributed by atoms with Crippen LogP contribution in [0.2, 0.25) is 0 Å². The van der Waals surface area contributed by atoms with Crippen LogP contribution in [0, 0.1) is 0 Å². The lowest BCUT2D eigenvalue weighted by Gasteiger charge is -2.35. The first kappa shape index (κ1) is 31.1. The Balaban J connectivity index is 1.25. The van der Waals surface area contributed by atoms with Gasteiger partial charge in [-0.3, -0.25) is 0 Å². The molecule has 8 aromatic rings. The summed E-state index contributed by atoms with van der Waals surface area (Å²) in [6, 6.07) is 74.9. The number of benzene rings is 8. The van der Waals surface area contributed by atoms with Crippen LogP contribution < -0.4 is 4.90 Å². The highest BCUT2D eigenvalue weighted by Gasteiger charge is 2.46. The summed E-state index contributed by atoms with van der Waals surface area (Å²) in [5.74, 6) is 0. The van der Waals surface area contributed by atoms with E-state index in [1.54, 1.807) is 0 Å². The van der Waals surface area contributed by atoms with Gasteiger partial charge in [0.15, 0.2) is 0 Å². The molecule has 0 unspecified atom stereocenters. The van der Waals surface area contributed by atoms with Crippen molar-refractivity contribution in [1.29, 1.82) is 0 Å². The van der Waals surface area contributed by atoms with E-state index in [0.29, 0.717) is 0 Å². The predicted molar refractivity (Wildman–Crippen MR) is 217 cm³/mol. The molecule has 0 aliphatic heterocycles. The SMILES string of the molecule is Brc1cccc(-c2ccc(N(c3ccc(-c4ccccc4)cc3)c3ccc4c(c3)C(c3ccccc3)(c3ccccc3)c3ccccc3-4)cc2)c1. The molecule has 0 fully saturated rings. The maximum absolute atomic E-state index is 3.65. The standard InChI is InChI=1S/C49H34BrN/c50-41-20-12-15-38(33-41)37-25-29-43(30-26-37)51(42-27-23-36(24-28-42)35-13-4-1-5-14-35)44-31-32-46-45-21-10-11-22-47(45)49(48(46)34-44,39-16-6-2-7-17-39)40-18-8-3-9-19-40/h1-34H. The van der Waals surface area contributed by atoms with Crippen LogP contribution in [0.15, 0.2) is 211 Å². The maximum Gasteiger partial charge on any atom is 0.0714 e. The van der Waals surface area contributed by atoms with E-state index in [0.717, 1.165) is 21.5 Å². The molecule has 9 rings (SSSR count). The monoisotopic (exact) mass is 715 g/mol. The van der Waals surface area contributed by atoms with Crippen molar-refractivity contribution in [2.24, 2.45) is 0 Å². The highest BCUT2D eigenvalue weighted by molar-refractivity contribution is 9.10. The van der Waals surface area contributed by atoms with Crippen LogP contribution in [-0.2, 0) is 5.41 Å². The molecule has 0 radical (unpaired) electrons. The van der Waals surface area contributed by atoms with Gasteiger partial charge in [0.25, 0.3) is 0 Å². The normalized spacial score (nSPS) is 12.6. The second-order valence-electron chi connectivity index (χ2n) is 13.1. The first-order chi connectivity index (χ1) is 25.2. The van der Waals surface area contributed by atoms with Gasteiger partial charge in [0, 0.05) is 21.5 Å². The van der Waals surface area contributed by atoms with Crippen LogP contribution in [0.1, 0.15) is 22.3 Å². The molecule has 1 nitrogen and oxygen atoms in total. The van der Waals surface area contributed by atoms with E-state index in [1.807, 2.05) is 0 Å². The molecule has 0 N–H and O–H groups in total. The largest absolute Gasteiger partial charge is 0.310 e. The number of hydrogen-bond acceptors (Lipinski definition) is 1. The molecule has 0 aromatic heterocycles. The molecule has 0 spiro atoms. The molecule has 0 bridgehead atoms. The van der Waals surface area contributed by atoms with Crippen LogP contribution >= 0.6 is 15.9 Å². The van der Waals surface area contributed by atoms with Crippen molar-refractivity contribution in [3.63, 3.8) is 0 Å². The van der Waals surface area contributed by atoms with Gasteiger partial charge in [0.1, 0.15) is 0 Å². The van der Waals surface area contributed by atoms with Crippen LogP contribution in [0.3, 0.4) is 0 Å². The zero-order valence-electron chi connectivity index (χ0n) is 28.0. The van der Waals surface area contributed by atoms with Gasteiger partial charge in [0.2, 0.25) is 0 Å². The van der Waals surface area contributed by atoms with Gasteiger partial charge < -0.3 is 4.90 Å². The molecule has 0 atom stereocenters. The molecule has 51 heavy (non-hydrogen) atoms. The van der Waals surface area contributed by atoms with Gasteiger partial charge in [-0.2, -0.15) is 0 Å². The summed E-state index contributed by atoms with van der Waals surface area (Å²) in [5.41, 5.74) is 15.3. The Labute approximate surface area is 308 Å². The number of fused-ring (bicyclic) bond motifs is 3. The van der Waals surface area contributed by atoms with Crippen molar-refractivity contribution in [3.05, 3.63) is 233 Å². The summed E-state index contributed by atoms with van der Waals surface area (Å²) in [6.45, 7) is 0. The van der Waals surface area contributed by atoms with Crippen LogP contribution in [-0.4, -0.2) is 0 Å². The minimum atomic E-state index is -0.474. The summed E-state index contributed by atoms with van der Waals surface area (Å²) in [5, 5.41) is 0. The minimum absolute atomic E-state index is 0.474. The van der Waals surface area contributed by atoms with E-state index in [9.17, 15) is 0 Å². The lowest BCUT2D eigenvalue weighted by molar-refractivity contribution is 0.768. The first-order valence-corrected chi connectivity index (χ1v) is 18.2. The highest BCUT2D eigenvalue weighted by atomic mass is 79.9. The predicted octanol–water partition coefficient (Wildman–Crippen LogP) is 13.6. The lowest BCUT2D eigenvalue weighted by atomic mass is 9.67. The minimum Gasteiger partial charge on any atom is -0.310 e. The smallest absolute Gasteiger partial charge is 0.0714 e. The summed E-state index contributed by atoms with van der Waals surface area (Å²) >= 11 is 3.65. The van der Waals surface area contributed by atoms with Gasteiger partial charge >= 0.3 is 0 Å².